The van der Waals surface area contributed by atoms with Gasteiger partial charge in [0.2, 0.25) is 5.95 Å². The molecule has 20 heavy (non-hydrogen) atoms. The van der Waals surface area contributed by atoms with E-state index in [1.165, 1.54) is 18.7 Å². The van der Waals surface area contributed by atoms with E-state index in [0.717, 1.165) is 6.42 Å². The van der Waals surface area contributed by atoms with E-state index in [9.17, 15) is 10.1 Å². The van der Waals surface area contributed by atoms with Gasteiger partial charge in [-0.05, 0) is 13.3 Å². The Morgan fingerprint density at radius 3 is 2.60 bits per heavy atom. The molecule has 0 saturated carbocycles. The van der Waals surface area contributed by atoms with E-state index < -0.39 is 4.92 Å². The molecule has 2 aromatic rings. The monoisotopic (exact) mass is 274 g/mol. The van der Waals surface area contributed by atoms with Crippen LogP contribution in [-0.4, -0.2) is 31.4 Å². The second kappa shape index (κ2) is 6.00. The van der Waals surface area contributed by atoms with Crippen molar-refractivity contribution in [1.82, 2.24) is 19.9 Å². The maximum Gasteiger partial charge on any atom is 0.316 e. The molecule has 0 bridgehead atoms. The molecule has 0 radical (unpaired) electrons. The molecule has 0 spiro atoms. The summed E-state index contributed by atoms with van der Waals surface area (Å²) in [6.45, 7) is 4.30. The number of nitro groups is 1. The van der Waals surface area contributed by atoms with Crippen molar-refractivity contribution in [2.75, 3.05) is 11.9 Å². The second-order valence-corrected chi connectivity index (χ2v) is 4.14. The predicted octanol–water partition coefficient (Wildman–Crippen LogP) is 1.97. The number of anilines is 1. The van der Waals surface area contributed by atoms with Gasteiger partial charge in [0.05, 0.1) is 4.92 Å². The Balaban J connectivity index is 2.56. The highest BCUT2D eigenvalue weighted by Gasteiger charge is 2.23. The highest BCUT2D eigenvalue weighted by Crippen LogP contribution is 2.30. The van der Waals surface area contributed by atoms with Gasteiger partial charge in [-0.25, -0.2) is 19.9 Å². The molecule has 0 saturated heterocycles. The van der Waals surface area contributed by atoms with Crippen LogP contribution in [0.4, 0.5) is 11.6 Å². The molecule has 0 aliphatic heterocycles. The van der Waals surface area contributed by atoms with E-state index in [0.29, 0.717) is 23.8 Å². The minimum absolute atomic E-state index is 0.123. The fraction of sp³-hybridized carbons (Fsp3) is 0.333. The minimum atomic E-state index is -0.485. The molecule has 2 rings (SSSR count). The van der Waals surface area contributed by atoms with Crippen LogP contribution < -0.4 is 5.32 Å². The standard InChI is InChI=1S/C12H14N6O2/c1-3-4-15-12-16-8(2)11(18(19)20)10(17-12)9-5-13-7-14-6-9/h5-7H,3-4H2,1-2H3,(H,15,16,17). The number of hydrogen-bond donors (Lipinski definition) is 1. The number of rotatable bonds is 5. The minimum Gasteiger partial charge on any atom is -0.354 e. The van der Waals surface area contributed by atoms with E-state index in [2.05, 4.69) is 25.3 Å². The van der Waals surface area contributed by atoms with Crippen LogP contribution in [0.3, 0.4) is 0 Å². The molecule has 0 aliphatic rings. The van der Waals surface area contributed by atoms with Gasteiger partial charge in [0.25, 0.3) is 0 Å². The molecule has 2 aromatic heterocycles. The van der Waals surface area contributed by atoms with Crippen LogP contribution in [0.25, 0.3) is 11.3 Å². The normalized spacial score (nSPS) is 10.3. The van der Waals surface area contributed by atoms with Crippen molar-refractivity contribution in [3.8, 4) is 11.3 Å². The van der Waals surface area contributed by atoms with Gasteiger partial charge >= 0.3 is 5.69 Å². The maximum absolute atomic E-state index is 11.2. The summed E-state index contributed by atoms with van der Waals surface area (Å²) < 4.78 is 0. The molecular weight excluding hydrogens is 260 g/mol. The van der Waals surface area contributed by atoms with Crippen molar-refractivity contribution in [3.63, 3.8) is 0 Å². The second-order valence-electron chi connectivity index (χ2n) is 4.14. The molecular formula is C12H14N6O2. The Bertz CT molecular complexity index is 617. The zero-order valence-corrected chi connectivity index (χ0v) is 11.2. The molecule has 1 N–H and O–H groups in total. The molecule has 104 valence electrons. The number of hydrogen-bond acceptors (Lipinski definition) is 7. The molecule has 8 nitrogen and oxygen atoms in total. The van der Waals surface area contributed by atoms with Crippen molar-refractivity contribution in [2.24, 2.45) is 0 Å². The first kappa shape index (κ1) is 13.8. The third-order valence-corrected chi connectivity index (χ3v) is 2.61. The van der Waals surface area contributed by atoms with Crippen LogP contribution in [0.15, 0.2) is 18.7 Å². The van der Waals surface area contributed by atoms with Gasteiger partial charge in [-0.2, -0.15) is 0 Å². The third kappa shape index (κ3) is 2.85. The van der Waals surface area contributed by atoms with E-state index in [4.69, 9.17) is 0 Å². The highest BCUT2D eigenvalue weighted by atomic mass is 16.6. The van der Waals surface area contributed by atoms with Crippen molar-refractivity contribution >= 4 is 11.6 Å². The SMILES string of the molecule is CCCNc1nc(C)c([N+](=O)[O-])c(-c2cncnc2)n1. The van der Waals surface area contributed by atoms with Gasteiger partial charge < -0.3 is 5.32 Å². The van der Waals surface area contributed by atoms with Gasteiger partial charge in [0, 0.05) is 24.5 Å². The Hall–Kier alpha value is -2.64. The van der Waals surface area contributed by atoms with Crippen LogP contribution in [-0.2, 0) is 0 Å². The van der Waals surface area contributed by atoms with Gasteiger partial charge in [-0.1, -0.05) is 6.92 Å². The predicted molar refractivity (Wildman–Crippen MR) is 73.2 cm³/mol. The van der Waals surface area contributed by atoms with E-state index in [-0.39, 0.29) is 11.4 Å². The fourth-order valence-electron chi connectivity index (χ4n) is 1.72. The molecule has 0 aromatic carbocycles. The van der Waals surface area contributed by atoms with Crippen LogP contribution in [0, 0.1) is 17.0 Å². The first-order chi connectivity index (χ1) is 9.63. The molecule has 0 aliphatic carbocycles. The summed E-state index contributed by atoms with van der Waals surface area (Å²) in [5, 5.41) is 14.2. The summed E-state index contributed by atoms with van der Waals surface area (Å²) in [6.07, 6.45) is 5.25. The Morgan fingerprint density at radius 2 is 2.00 bits per heavy atom. The lowest BCUT2D eigenvalue weighted by Crippen LogP contribution is -2.08. The quantitative estimate of drug-likeness (QED) is 0.656. The van der Waals surface area contributed by atoms with Crippen LogP contribution in [0.5, 0.6) is 0 Å². The average molecular weight is 274 g/mol. The molecule has 0 fully saturated rings. The van der Waals surface area contributed by atoms with Gasteiger partial charge in [-0.15, -0.1) is 0 Å². The van der Waals surface area contributed by atoms with Crippen LogP contribution in [0.1, 0.15) is 19.0 Å². The first-order valence-corrected chi connectivity index (χ1v) is 6.15. The smallest absolute Gasteiger partial charge is 0.316 e. The Labute approximate surface area is 115 Å². The summed E-state index contributed by atoms with van der Waals surface area (Å²) >= 11 is 0. The van der Waals surface area contributed by atoms with Gasteiger partial charge in [-0.3, -0.25) is 10.1 Å². The number of aromatic nitrogens is 4. The van der Waals surface area contributed by atoms with Crippen molar-refractivity contribution in [1.29, 1.82) is 0 Å². The average Bonchev–Trinajstić information content (AvgIpc) is 2.45. The van der Waals surface area contributed by atoms with E-state index >= 15 is 0 Å². The fourth-order valence-corrected chi connectivity index (χ4v) is 1.72. The van der Waals surface area contributed by atoms with Crippen molar-refractivity contribution in [3.05, 3.63) is 34.5 Å². The topological polar surface area (TPSA) is 107 Å². The maximum atomic E-state index is 11.2. The molecule has 0 atom stereocenters. The van der Waals surface area contributed by atoms with Gasteiger partial charge in [0.15, 0.2) is 5.69 Å². The number of nitrogens with zero attached hydrogens (tertiary/aromatic N) is 5. The van der Waals surface area contributed by atoms with Gasteiger partial charge in [0.1, 0.15) is 12.0 Å². The zero-order valence-electron chi connectivity index (χ0n) is 11.2. The first-order valence-electron chi connectivity index (χ1n) is 6.15. The van der Waals surface area contributed by atoms with E-state index in [1.54, 1.807) is 6.92 Å². The summed E-state index contributed by atoms with van der Waals surface area (Å²) in [4.78, 5) is 26.8. The Morgan fingerprint density at radius 1 is 1.30 bits per heavy atom. The van der Waals surface area contributed by atoms with Crippen LogP contribution >= 0.6 is 0 Å². The van der Waals surface area contributed by atoms with Crippen molar-refractivity contribution in [2.45, 2.75) is 20.3 Å². The lowest BCUT2D eigenvalue weighted by molar-refractivity contribution is -0.385. The highest BCUT2D eigenvalue weighted by molar-refractivity contribution is 5.70. The summed E-state index contributed by atoms with van der Waals surface area (Å²) in [6, 6.07) is 0. The molecule has 0 unspecified atom stereocenters. The summed E-state index contributed by atoms with van der Waals surface area (Å²) in [5.74, 6) is 0.369. The lowest BCUT2D eigenvalue weighted by atomic mass is 10.2. The molecule has 8 heteroatoms. The Kier molecular flexibility index (Phi) is 4.14. The largest absolute Gasteiger partial charge is 0.354 e. The number of nitrogens with one attached hydrogen (secondary N) is 1. The zero-order chi connectivity index (χ0) is 14.5. The summed E-state index contributed by atoms with van der Waals surface area (Å²) in [5.41, 5.74) is 0.898. The third-order valence-electron chi connectivity index (χ3n) is 2.61. The lowest BCUT2D eigenvalue weighted by Gasteiger charge is -2.08. The van der Waals surface area contributed by atoms with E-state index in [1.807, 2.05) is 6.92 Å². The van der Waals surface area contributed by atoms with Crippen LogP contribution in [0.2, 0.25) is 0 Å². The number of aryl methyl sites for hydroxylation is 1. The summed E-state index contributed by atoms with van der Waals surface area (Å²) in [7, 11) is 0. The molecule has 0 amide bonds. The molecule has 2 heterocycles. The van der Waals surface area contributed by atoms with Crippen molar-refractivity contribution < 1.29 is 4.92 Å².